The van der Waals surface area contributed by atoms with Gasteiger partial charge in [-0.15, -0.1) is 0 Å². The van der Waals surface area contributed by atoms with E-state index < -0.39 is 0 Å². The highest BCUT2D eigenvalue weighted by molar-refractivity contribution is 6.08. The molecule has 84 valence electrons. The largest absolute Gasteiger partial charge is 0.345 e. The number of H-pyrrole nitrogens is 1. The third kappa shape index (κ3) is 1.73. The molecule has 3 heteroatoms. The average Bonchev–Trinajstić information content (AvgIpc) is 2.70. The number of hydrogen-bond donors (Lipinski definition) is 1. The van der Waals surface area contributed by atoms with Gasteiger partial charge in [0.05, 0.1) is 0 Å². The van der Waals surface area contributed by atoms with Crippen LogP contribution in [0.3, 0.4) is 0 Å². The number of aromatic nitrogens is 2. The van der Waals surface area contributed by atoms with E-state index in [0.717, 1.165) is 16.6 Å². The standard InChI is InChI=1S/C13H16N2O/c1-8(2)9(3)12(16)11-7-15-13-10(11)5-4-6-14-13/h4-9H,1-3H3,(H,14,15). The Morgan fingerprint density at radius 2 is 2.12 bits per heavy atom. The van der Waals surface area contributed by atoms with Gasteiger partial charge in [0.15, 0.2) is 5.78 Å². The van der Waals surface area contributed by atoms with E-state index in [2.05, 4.69) is 23.8 Å². The number of nitrogens with one attached hydrogen (secondary N) is 1. The summed E-state index contributed by atoms with van der Waals surface area (Å²) in [7, 11) is 0. The first-order valence-electron chi connectivity index (χ1n) is 5.57. The van der Waals surface area contributed by atoms with Crippen LogP contribution in [0.25, 0.3) is 11.0 Å². The molecular formula is C13H16N2O. The van der Waals surface area contributed by atoms with Crippen molar-refractivity contribution in [1.29, 1.82) is 0 Å². The summed E-state index contributed by atoms with van der Waals surface area (Å²) in [5.41, 5.74) is 1.53. The minimum atomic E-state index is 0.0409. The number of fused-ring (bicyclic) bond motifs is 1. The van der Waals surface area contributed by atoms with Crippen molar-refractivity contribution in [3.05, 3.63) is 30.1 Å². The second-order valence-electron chi connectivity index (χ2n) is 4.50. The van der Waals surface area contributed by atoms with Crippen molar-refractivity contribution < 1.29 is 4.79 Å². The predicted molar refractivity (Wildman–Crippen MR) is 64.4 cm³/mol. The number of carbonyl (C=O) groups is 1. The zero-order chi connectivity index (χ0) is 11.7. The molecule has 0 saturated heterocycles. The lowest BCUT2D eigenvalue weighted by molar-refractivity contribution is 0.0901. The first-order chi connectivity index (χ1) is 7.61. The van der Waals surface area contributed by atoms with E-state index in [4.69, 9.17) is 0 Å². The molecule has 0 aromatic carbocycles. The quantitative estimate of drug-likeness (QED) is 0.801. The number of carbonyl (C=O) groups excluding carboxylic acids is 1. The maximum absolute atomic E-state index is 12.2. The number of aromatic amines is 1. The van der Waals surface area contributed by atoms with Gasteiger partial charge in [-0.05, 0) is 18.1 Å². The third-order valence-corrected chi connectivity index (χ3v) is 3.13. The predicted octanol–water partition coefficient (Wildman–Crippen LogP) is 3.04. The summed E-state index contributed by atoms with van der Waals surface area (Å²) < 4.78 is 0. The Bertz CT molecular complexity index is 513. The van der Waals surface area contributed by atoms with Crippen molar-refractivity contribution in [3.63, 3.8) is 0 Å². The van der Waals surface area contributed by atoms with Gasteiger partial charge in [0.25, 0.3) is 0 Å². The third-order valence-electron chi connectivity index (χ3n) is 3.13. The van der Waals surface area contributed by atoms with Crippen molar-refractivity contribution in [2.24, 2.45) is 11.8 Å². The molecule has 0 spiro atoms. The molecule has 3 nitrogen and oxygen atoms in total. The molecule has 0 aliphatic heterocycles. The monoisotopic (exact) mass is 216 g/mol. The lowest BCUT2D eigenvalue weighted by Gasteiger charge is -2.13. The number of hydrogen-bond acceptors (Lipinski definition) is 2. The second-order valence-corrected chi connectivity index (χ2v) is 4.50. The maximum Gasteiger partial charge on any atom is 0.168 e. The number of rotatable bonds is 3. The number of Topliss-reactive ketones (excluding diaryl/α,β-unsaturated/α-hetero) is 1. The van der Waals surface area contributed by atoms with Crippen LogP contribution >= 0.6 is 0 Å². The Labute approximate surface area is 94.9 Å². The highest BCUT2D eigenvalue weighted by Gasteiger charge is 2.21. The SMILES string of the molecule is CC(C)C(C)C(=O)c1c[nH]c2ncccc12. The first kappa shape index (κ1) is 10.9. The van der Waals surface area contributed by atoms with Crippen LogP contribution in [-0.4, -0.2) is 15.8 Å². The van der Waals surface area contributed by atoms with Gasteiger partial charge in [-0.25, -0.2) is 4.98 Å². The second kappa shape index (κ2) is 4.08. The summed E-state index contributed by atoms with van der Waals surface area (Å²) in [5.74, 6) is 0.586. The van der Waals surface area contributed by atoms with E-state index in [1.165, 1.54) is 0 Å². The smallest absolute Gasteiger partial charge is 0.168 e. The Morgan fingerprint density at radius 3 is 2.81 bits per heavy atom. The summed E-state index contributed by atoms with van der Waals surface area (Å²) in [5, 5.41) is 0.917. The fourth-order valence-corrected chi connectivity index (χ4v) is 1.71. The molecule has 0 bridgehead atoms. The van der Waals surface area contributed by atoms with Crippen LogP contribution in [-0.2, 0) is 0 Å². The molecule has 0 aliphatic carbocycles. The zero-order valence-electron chi connectivity index (χ0n) is 9.82. The van der Waals surface area contributed by atoms with Crippen molar-refractivity contribution in [2.75, 3.05) is 0 Å². The molecule has 2 aromatic heterocycles. The minimum Gasteiger partial charge on any atom is -0.345 e. The molecule has 1 unspecified atom stereocenters. The molecule has 0 radical (unpaired) electrons. The topological polar surface area (TPSA) is 45.8 Å². The van der Waals surface area contributed by atoms with Crippen LogP contribution < -0.4 is 0 Å². The Hall–Kier alpha value is -1.64. The molecule has 2 heterocycles. The summed E-state index contributed by atoms with van der Waals surface area (Å²) in [6.45, 7) is 6.10. The highest BCUT2D eigenvalue weighted by atomic mass is 16.1. The van der Waals surface area contributed by atoms with Crippen molar-refractivity contribution in [2.45, 2.75) is 20.8 Å². The molecule has 0 aliphatic rings. The fourth-order valence-electron chi connectivity index (χ4n) is 1.71. The van der Waals surface area contributed by atoms with E-state index in [0.29, 0.717) is 5.92 Å². The van der Waals surface area contributed by atoms with Crippen LogP contribution in [0, 0.1) is 11.8 Å². The first-order valence-corrected chi connectivity index (χ1v) is 5.57. The van der Waals surface area contributed by atoms with Gasteiger partial charge in [0.1, 0.15) is 5.65 Å². The molecule has 1 atom stereocenters. The van der Waals surface area contributed by atoms with E-state index in [1.54, 1.807) is 12.4 Å². The van der Waals surface area contributed by atoms with Gasteiger partial charge >= 0.3 is 0 Å². The average molecular weight is 216 g/mol. The van der Waals surface area contributed by atoms with Gasteiger partial charge < -0.3 is 4.98 Å². The molecular weight excluding hydrogens is 200 g/mol. The van der Waals surface area contributed by atoms with Crippen molar-refractivity contribution >= 4 is 16.8 Å². The van der Waals surface area contributed by atoms with E-state index in [-0.39, 0.29) is 11.7 Å². The van der Waals surface area contributed by atoms with Crippen molar-refractivity contribution in [3.8, 4) is 0 Å². The molecule has 0 saturated carbocycles. The Kier molecular flexibility index (Phi) is 2.77. The number of nitrogens with zero attached hydrogens (tertiary/aromatic N) is 1. The fraction of sp³-hybridized carbons (Fsp3) is 0.385. The van der Waals surface area contributed by atoms with Crippen LogP contribution in [0.15, 0.2) is 24.5 Å². The van der Waals surface area contributed by atoms with E-state index in [9.17, 15) is 4.79 Å². The van der Waals surface area contributed by atoms with Crippen LogP contribution in [0.5, 0.6) is 0 Å². The summed E-state index contributed by atoms with van der Waals surface area (Å²) in [6.07, 6.45) is 3.48. The van der Waals surface area contributed by atoms with Crippen LogP contribution in [0.2, 0.25) is 0 Å². The lowest BCUT2D eigenvalue weighted by atomic mass is 9.90. The van der Waals surface area contributed by atoms with Gasteiger partial charge in [-0.1, -0.05) is 20.8 Å². The van der Waals surface area contributed by atoms with E-state index in [1.807, 2.05) is 19.1 Å². The lowest BCUT2D eigenvalue weighted by Crippen LogP contribution is -2.16. The van der Waals surface area contributed by atoms with E-state index >= 15 is 0 Å². The molecule has 1 N–H and O–H groups in total. The number of ketones is 1. The minimum absolute atomic E-state index is 0.0409. The molecule has 2 aromatic rings. The van der Waals surface area contributed by atoms with Crippen molar-refractivity contribution in [1.82, 2.24) is 9.97 Å². The van der Waals surface area contributed by atoms with Crippen LogP contribution in [0.4, 0.5) is 0 Å². The van der Waals surface area contributed by atoms with Crippen LogP contribution in [0.1, 0.15) is 31.1 Å². The summed E-state index contributed by atoms with van der Waals surface area (Å²) >= 11 is 0. The zero-order valence-corrected chi connectivity index (χ0v) is 9.82. The van der Waals surface area contributed by atoms with Gasteiger partial charge in [0, 0.05) is 29.3 Å². The molecule has 0 fully saturated rings. The van der Waals surface area contributed by atoms with Gasteiger partial charge in [-0.3, -0.25) is 4.79 Å². The Balaban J connectivity index is 2.44. The van der Waals surface area contributed by atoms with Gasteiger partial charge in [-0.2, -0.15) is 0 Å². The summed E-state index contributed by atoms with van der Waals surface area (Å²) in [4.78, 5) is 19.4. The highest BCUT2D eigenvalue weighted by Crippen LogP contribution is 2.22. The maximum atomic E-state index is 12.2. The van der Waals surface area contributed by atoms with Gasteiger partial charge in [0.2, 0.25) is 0 Å². The Morgan fingerprint density at radius 1 is 1.38 bits per heavy atom. The normalized spacial score (nSPS) is 13.2. The molecule has 2 rings (SSSR count). The summed E-state index contributed by atoms with van der Waals surface area (Å²) in [6, 6.07) is 3.78. The number of pyridine rings is 1. The molecule has 0 amide bonds. The molecule has 16 heavy (non-hydrogen) atoms.